The van der Waals surface area contributed by atoms with Crippen LogP contribution in [-0.2, 0) is 30.6 Å². The van der Waals surface area contributed by atoms with Crippen LogP contribution in [0.4, 0.5) is 17.6 Å². The summed E-state index contributed by atoms with van der Waals surface area (Å²) in [6.07, 6.45) is -0.809. The zero-order valence-electron chi connectivity index (χ0n) is 23.5. The monoisotopic (exact) mass is 615 g/mol. The Bertz CT molecular complexity index is 1650. The number of imidazole rings is 1. The fourth-order valence-electron chi connectivity index (χ4n) is 5.27. The number of likely N-dealkylation sites (tertiary alicyclic amines) is 1. The standard InChI is InChI=1S/C30H29F4N5O5/c31-22-14-19(30(32,33)34)2-4-25(22)43-17-26-35-9-5-28(37-26)44-20-6-10-38(11-7-20)16-27-36-23-3-1-18(29(40)41)13-24(23)39(27)15-21-8-12-42-21/h1-5,9,13-14,20-21H,6-8,10-12,15-17H2,(H,40,41)/t21-/m0/s1. The summed E-state index contributed by atoms with van der Waals surface area (Å²) >= 11 is 0. The first kappa shape index (κ1) is 29.8. The largest absolute Gasteiger partial charge is 0.483 e. The van der Waals surface area contributed by atoms with Crippen molar-refractivity contribution in [3.8, 4) is 11.6 Å². The number of carboxylic acid groups (broad SMARTS) is 1. The van der Waals surface area contributed by atoms with Crippen LogP contribution in [-0.4, -0.2) is 67.4 Å². The maximum atomic E-state index is 14.1. The number of benzene rings is 2. The van der Waals surface area contributed by atoms with Gasteiger partial charge in [-0.05, 0) is 55.7 Å². The summed E-state index contributed by atoms with van der Waals surface area (Å²) in [5, 5.41) is 9.47. The molecule has 4 heterocycles. The van der Waals surface area contributed by atoms with Crippen LogP contribution < -0.4 is 9.47 Å². The number of nitrogens with zero attached hydrogens (tertiary/aromatic N) is 5. The minimum atomic E-state index is -4.65. The van der Waals surface area contributed by atoms with E-state index >= 15 is 0 Å². The molecule has 2 aromatic carbocycles. The fraction of sp³-hybridized carbons (Fsp3) is 0.400. The molecule has 0 aliphatic carbocycles. The summed E-state index contributed by atoms with van der Waals surface area (Å²) in [5.74, 6) is -1.09. The Labute approximate surface area is 249 Å². The van der Waals surface area contributed by atoms with Crippen molar-refractivity contribution in [1.82, 2.24) is 24.4 Å². The smallest absolute Gasteiger partial charge is 0.416 e. The third-order valence-corrected chi connectivity index (χ3v) is 7.74. The van der Waals surface area contributed by atoms with E-state index in [4.69, 9.17) is 19.2 Å². The van der Waals surface area contributed by atoms with Crippen molar-refractivity contribution in [2.75, 3.05) is 19.7 Å². The van der Waals surface area contributed by atoms with Gasteiger partial charge in [-0.25, -0.2) is 19.2 Å². The molecule has 2 fully saturated rings. The first-order valence-corrected chi connectivity index (χ1v) is 14.2. The molecule has 44 heavy (non-hydrogen) atoms. The molecule has 2 aliphatic rings. The molecular formula is C30H29F4N5O5. The average molecular weight is 616 g/mol. The molecule has 4 aromatic rings. The SMILES string of the molecule is O=C(O)c1ccc2nc(CN3CCC(Oc4ccnc(COc5ccc(C(F)(F)F)cc5F)n4)CC3)n(C[C@@H]3CCO3)c2c1. The maximum absolute atomic E-state index is 14.1. The van der Waals surface area contributed by atoms with Gasteiger partial charge in [0.15, 0.2) is 17.4 Å². The Hall–Kier alpha value is -4.30. The van der Waals surface area contributed by atoms with Gasteiger partial charge in [-0.2, -0.15) is 18.2 Å². The van der Waals surface area contributed by atoms with Gasteiger partial charge in [0.1, 0.15) is 18.5 Å². The summed E-state index contributed by atoms with van der Waals surface area (Å²) < 4.78 is 71.6. The number of alkyl halides is 3. The van der Waals surface area contributed by atoms with Crippen molar-refractivity contribution in [3.05, 3.63) is 77.3 Å². The first-order chi connectivity index (χ1) is 21.1. The number of rotatable bonds is 10. The highest BCUT2D eigenvalue weighted by molar-refractivity contribution is 5.92. The van der Waals surface area contributed by atoms with E-state index in [1.54, 1.807) is 24.3 Å². The lowest BCUT2D eigenvalue weighted by Crippen LogP contribution is -2.39. The van der Waals surface area contributed by atoms with Crippen LogP contribution in [0, 0.1) is 5.82 Å². The van der Waals surface area contributed by atoms with Crippen LogP contribution >= 0.6 is 0 Å². The molecule has 1 N–H and O–H groups in total. The van der Waals surface area contributed by atoms with Gasteiger partial charge in [0, 0.05) is 32.0 Å². The molecule has 0 amide bonds. The number of carbonyl (C=O) groups is 1. The number of hydrogen-bond acceptors (Lipinski definition) is 8. The zero-order chi connectivity index (χ0) is 30.8. The van der Waals surface area contributed by atoms with Gasteiger partial charge in [0.05, 0.1) is 41.4 Å². The van der Waals surface area contributed by atoms with E-state index in [0.29, 0.717) is 25.0 Å². The highest BCUT2D eigenvalue weighted by Gasteiger charge is 2.31. The van der Waals surface area contributed by atoms with E-state index in [-0.39, 0.29) is 36.0 Å². The zero-order valence-corrected chi connectivity index (χ0v) is 23.5. The summed E-state index contributed by atoms with van der Waals surface area (Å²) in [4.78, 5) is 27.0. The molecule has 2 aliphatic heterocycles. The number of carboxylic acids is 1. The van der Waals surface area contributed by atoms with Crippen LogP contribution in [0.25, 0.3) is 11.0 Å². The van der Waals surface area contributed by atoms with Crippen LogP contribution in [0.3, 0.4) is 0 Å². The second-order valence-corrected chi connectivity index (χ2v) is 10.8. The van der Waals surface area contributed by atoms with Gasteiger partial charge in [-0.1, -0.05) is 0 Å². The Balaban J connectivity index is 1.05. The lowest BCUT2D eigenvalue weighted by molar-refractivity contribution is -0.137. The Morgan fingerprint density at radius 2 is 1.86 bits per heavy atom. The Kier molecular flexibility index (Phi) is 8.36. The summed E-state index contributed by atoms with van der Waals surface area (Å²) in [5.41, 5.74) is 0.630. The number of fused-ring (bicyclic) bond motifs is 1. The van der Waals surface area contributed by atoms with E-state index < -0.39 is 23.5 Å². The summed E-state index contributed by atoms with van der Waals surface area (Å²) in [6, 6.07) is 8.62. The normalized spacial score (nSPS) is 17.9. The molecule has 0 bridgehead atoms. The quantitative estimate of drug-likeness (QED) is 0.244. The van der Waals surface area contributed by atoms with E-state index in [2.05, 4.69) is 19.4 Å². The average Bonchev–Trinajstić information content (AvgIpc) is 3.30. The van der Waals surface area contributed by atoms with Crippen LogP contribution in [0.1, 0.15) is 46.8 Å². The minimum absolute atomic E-state index is 0.0795. The van der Waals surface area contributed by atoms with E-state index in [1.165, 1.54) is 6.20 Å². The molecule has 0 saturated carbocycles. The number of hydrogen-bond donors (Lipinski definition) is 1. The summed E-state index contributed by atoms with van der Waals surface area (Å²) in [7, 11) is 0. The number of halogens is 4. The van der Waals surface area contributed by atoms with Gasteiger partial charge in [0.25, 0.3) is 0 Å². The predicted octanol–water partition coefficient (Wildman–Crippen LogP) is 5.09. The number of piperidine rings is 1. The van der Waals surface area contributed by atoms with E-state index in [1.807, 2.05) is 0 Å². The molecule has 6 rings (SSSR count). The lowest BCUT2D eigenvalue weighted by atomic mass is 10.1. The third-order valence-electron chi connectivity index (χ3n) is 7.74. The van der Waals surface area contributed by atoms with Crippen molar-refractivity contribution < 1.29 is 41.7 Å². The van der Waals surface area contributed by atoms with Gasteiger partial charge < -0.3 is 23.9 Å². The Morgan fingerprint density at radius 1 is 1.07 bits per heavy atom. The van der Waals surface area contributed by atoms with Crippen molar-refractivity contribution in [3.63, 3.8) is 0 Å². The molecule has 10 nitrogen and oxygen atoms in total. The molecule has 0 spiro atoms. The highest BCUT2D eigenvalue weighted by Crippen LogP contribution is 2.32. The topological polar surface area (TPSA) is 112 Å². The van der Waals surface area contributed by atoms with Crippen molar-refractivity contribution in [1.29, 1.82) is 0 Å². The second-order valence-electron chi connectivity index (χ2n) is 10.8. The fourth-order valence-corrected chi connectivity index (χ4v) is 5.27. The molecule has 232 valence electrons. The Morgan fingerprint density at radius 3 is 2.55 bits per heavy atom. The molecule has 2 aromatic heterocycles. The van der Waals surface area contributed by atoms with Gasteiger partial charge >= 0.3 is 12.1 Å². The van der Waals surface area contributed by atoms with E-state index in [9.17, 15) is 27.5 Å². The minimum Gasteiger partial charge on any atom is -0.483 e. The number of aromatic carboxylic acids is 1. The summed E-state index contributed by atoms with van der Waals surface area (Å²) in [6.45, 7) is 3.15. The highest BCUT2D eigenvalue weighted by atomic mass is 19.4. The third kappa shape index (κ3) is 6.76. The molecule has 0 radical (unpaired) electrons. The second kappa shape index (κ2) is 12.4. The number of aromatic nitrogens is 4. The maximum Gasteiger partial charge on any atom is 0.416 e. The first-order valence-electron chi connectivity index (χ1n) is 14.2. The van der Waals surface area contributed by atoms with Crippen LogP contribution in [0.5, 0.6) is 11.6 Å². The van der Waals surface area contributed by atoms with Crippen molar-refractivity contribution in [2.45, 2.75) is 57.3 Å². The molecular weight excluding hydrogens is 586 g/mol. The predicted molar refractivity (Wildman–Crippen MR) is 148 cm³/mol. The molecule has 14 heteroatoms. The number of ether oxygens (including phenoxy) is 3. The van der Waals surface area contributed by atoms with Gasteiger partial charge in [-0.3, -0.25) is 4.90 Å². The lowest BCUT2D eigenvalue weighted by Gasteiger charge is -2.32. The van der Waals surface area contributed by atoms with Crippen molar-refractivity contribution >= 4 is 17.0 Å². The molecule has 2 saturated heterocycles. The van der Waals surface area contributed by atoms with Gasteiger partial charge in [-0.15, -0.1) is 0 Å². The van der Waals surface area contributed by atoms with Crippen LogP contribution in [0.2, 0.25) is 0 Å². The van der Waals surface area contributed by atoms with Gasteiger partial charge in [0.2, 0.25) is 5.88 Å². The molecule has 0 unspecified atom stereocenters. The van der Waals surface area contributed by atoms with Crippen molar-refractivity contribution in [2.24, 2.45) is 0 Å². The van der Waals surface area contributed by atoms with Crippen LogP contribution in [0.15, 0.2) is 48.7 Å². The van der Waals surface area contributed by atoms with E-state index in [0.717, 1.165) is 67.9 Å². The molecule has 1 atom stereocenters.